The van der Waals surface area contributed by atoms with Crippen molar-refractivity contribution in [1.82, 2.24) is 4.90 Å². The summed E-state index contributed by atoms with van der Waals surface area (Å²) >= 11 is 0. The Kier molecular flexibility index (Phi) is 7.41. The van der Waals surface area contributed by atoms with Gasteiger partial charge in [0, 0.05) is 24.4 Å². The fraction of sp³-hybridized carbons (Fsp3) is 0.304. The van der Waals surface area contributed by atoms with E-state index in [1.54, 1.807) is 4.90 Å². The average molecular weight is 428 g/mol. The molecular weight excluding hydrogens is 402 g/mol. The summed E-state index contributed by atoms with van der Waals surface area (Å²) in [6, 6.07) is 19.5. The molecular formula is C23H25NO5S. The second-order valence-corrected chi connectivity index (χ2v) is 9.25. The van der Waals surface area contributed by atoms with Gasteiger partial charge in [-0.2, -0.15) is 0 Å². The third kappa shape index (κ3) is 6.84. The summed E-state index contributed by atoms with van der Waals surface area (Å²) < 4.78 is 28.0. The van der Waals surface area contributed by atoms with E-state index in [1.807, 2.05) is 60.7 Å². The zero-order valence-corrected chi connectivity index (χ0v) is 17.5. The molecule has 6 nitrogen and oxygen atoms in total. The van der Waals surface area contributed by atoms with Gasteiger partial charge in [-0.3, -0.25) is 9.59 Å². The van der Waals surface area contributed by atoms with E-state index in [0.717, 1.165) is 16.5 Å². The third-order valence-corrected chi connectivity index (χ3v) is 6.34. The number of amides is 1. The van der Waals surface area contributed by atoms with Crippen LogP contribution >= 0.6 is 0 Å². The molecule has 0 N–H and O–H groups in total. The van der Waals surface area contributed by atoms with Crippen LogP contribution in [0.5, 0.6) is 0 Å². The molecule has 158 valence electrons. The van der Waals surface area contributed by atoms with Crippen molar-refractivity contribution in [2.75, 3.05) is 18.9 Å². The second kappa shape index (κ2) is 10.2. The zero-order chi connectivity index (χ0) is 21.4. The number of carbonyl (C=O) groups excluding carboxylic acids is 2. The Morgan fingerprint density at radius 1 is 0.967 bits per heavy atom. The lowest BCUT2D eigenvalue weighted by Crippen LogP contribution is -2.36. The van der Waals surface area contributed by atoms with Gasteiger partial charge in [-0.25, -0.2) is 8.42 Å². The van der Waals surface area contributed by atoms with E-state index < -0.39 is 21.7 Å². The first-order valence-electron chi connectivity index (χ1n) is 9.83. The van der Waals surface area contributed by atoms with Gasteiger partial charge in [0.2, 0.25) is 0 Å². The van der Waals surface area contributed by atoms with Crippen molar-refractivity contribution in [3.8, 4) is 0 Å². The first-order chi connectivity index (χ1) is 14.4. The molecule has 1 aliphatic rings. The Morgan fingerprint density at radius 2 is 1.60 bits per heavy atom. The highest BCUT2D eigenvalue weighted by atomic mass is 32.2. The van der Waals surface area contributed by atoms with Crippen LogP contribution in [0.4, 0.5) is 0 Å². The van der Waals surface area contributed by atoms with Gasteiger partial charge < -0.3 is 9.64 Å². The molecule has 0 radical (unpaired) electrons. The molecule has 1 heterocycles. The van der Waals surface area contributed by atoms with Crippen LogP contribution in [-0.4, -0.2) is 44.1 Å². The Balaban J connectivity index is 1.55. The van der Waals surface area contributed by atoms with Crippen LogP contribution in [0.25, 0.3) is 0 Å². The van der Waals surface area contributed by atoms with Crippen molar-refractivity contribution in [2.24, 2.45) is 5.92 Å². The smallest absolute Gasteiger partial charge is 0.306 e. The minimum absolute atomic E-state index is 0.0499. The molecule has 0 aromatic heterocycles. The van der Waals surface area contributed by atoms with Gasteiger partial charge in [-0.15, -0.1) is 0 Å². The lowest BCUT2D eigenvalue weighted by Gasteiger charge is -2.23. The van der Waals surface area contributed by atoms with Crippen molar-refractivity contribution in [3.63, 3.8) is 0 Å². The van der Waals surface area contributed by atoms with Crippen LogP contribution in [0.15, 0.2) is 72.1 Å². The summed E-state index contributed by atoms with van der Waals surface area (Å²) in [4.78, 5) is 26.5. The molecule has 0 saturated heterocycles. The van der Waals surface area contributed by atoms with E-state index in [2.05, 4.69) is 0 Å². The van der Waals surface area contributed by atoms with Crippen LogP contribution in [0.2, 0.25) is 0 Å². The van der Waals surface area contributed by atoms with Crippen molar-refractivity contribution >= 4 is 21.7 Å². The Hall–Kier alpha value is -2.93. The Labute approximate surface area is 177 Å². The lowest BCUT2D eigenvalue weighted by molar-refractivity contribution is -0.152. The van der Waals surface area contributed by atoms with Crippen molar-refractivity contribution < 1.29 is 22.7 Å². The number of rotatable bonds is 9. The first kappa shape index (κ1) is 21.8. The van der Waals surface area contributed by atoms with Gasteiger partial charge in [-0.1, -0.05) is 66.7 Å². The normalized spacial score (nSPS) is 16.9. The van der Waals surface area contributed by atoms with Gasteiger partial charge in [0.25, 0.3) is 5.91 Å². The van der Waals surface area contributed by atoms with E-state index >= 15 is 0 Å². The molecule has 1 aliphatic heterocycles. The summed E-state index contributed by atoms with van der Waals surface area (Å²) in [5.74, 6) is -1.33. The first-order valence-corrected chi connectivity index (χ1v) is 11.5. The van der Waals surface area contributed by atoms with E-state index in [9.17, 15) is 18.0 Å². The summed E-state index contributed by atoms with van der Waals surface area (Å²) in [7, 11) is -3.22. The number of carbonyl (C=O) groups is 2. The summed E-state index contributed by atoms with van der Waals surface area (Å²) in [6.07, 6.45) is 2.14. The summed E-state index contributed by atoms with van der Waals surface area (Å²) in [5, 5.41) is 1.13. The number of hydrogen-bond donors (Lipinski definition) is 0. The summed E-state index contributed by atoms with van der Waals surface area (Å²) in [6.45, 7) is 0.566. The van der Waals surface area contributed by atoms with Gasteiger partial charge >= 0.3 is 5.97 Å². The fourth-order valence-electron chi connectivity index (χ4n) is 3.28. The second-order valence-electron chi connectivity index (χ2n) is 7.32. The number of esters is 1. The van der Waals surface area contributed by atoms with E-state index in [0.29, 0.717) is 19.5 Å². The molecule has 0 fully saturated rings. The highest BCUT2D eigenvalue weighted by Gasteiger charge is 2.25. The highest BCUT2D eigenvalue weighted by molar-refractivity contribution is 7.94. The molecule has 0 spiro atoms. The maximum absolute atomic E-state index is 12.8. The number of allylic oxidation sites excluding steroid dienone is 1. The quantitative estimate of drug-likeness (QED) is 0.575. The summed E-state index contributed by atoms with van der Waals surface area (Å²) in [5.41, 5.74) is 2.11. The molecule has 1 amide bonds. The topological polar surface area (TPSA) is 80.7 Å². The fourth-order valence-corrected chi connectivity index (χ4v) is 4.68. The van der Waals surface area contributed by atoms with E-state index in [4.69, 9.17) is 4.74 Å². The molecule has 0 aliphatic carbocycles. The maximum atomic E-state index is 12.8. The largest absolute Gasteiger partial charge is 0.456 e. The zero-order valence-electron chi connectivity index (χ0n) is 16.6. The van der Waals surface area contributed by atoms with Crippen LogP contribution in [0, 0.1) is 5.92 Å². The average Bonchev–Trinajstić information content (AvgIpc) is 3.08. The third-order valence-electron chi connectivity index (χ3n) is 4.87. The Morgan fingerprint density at radius 3 is 2.20 bits per heavy atom. The van der Waals surface area contributed by atoms with Crippen LogP contribution in [0.3, 0.4) is 0 Å². The van der Waals surface area contributed by atoms with Crippen LogP contribution in [0.1, 0.15) is 17.5 Å². The van der Waals surface area contributed by atoms with Gasteiger partial charge in [0.1, 0.15) is 0 Å². The minimum atomic E-state index is -3.22. The molecule has 30 heavy (non-hydrogen) atoms. The van der Waals surface area contributed by atoms with E-state index in [-0.39, 0.29) is 24.7 Å². The monoisotopic (exact) mass is 427 g/mol. The SMILES string of the molecule is O=C(CC1C=CS(=O)(=O)C1)OCC(=O)N(CCc1ccccc1)Cc1ccccc1. The van der Waals surface area contributed by atoms with E-state index in [1.165, 1.54) is 6.08 Å². The number of ether oxygens (including phenoxy) is 1. The van der Waals surface area contributed by atoms with Crippen LogP contribution < -0.4 is 0 Å². The van der Waals surface area contributed by atoms with Crippen molar-refractivity contribution in [1.29, 1.82) is 0 Å². The predicted molar refractivity (Wildman–Crippen MR) is 114 cm³/mol. The minimum Gasteiger partial charge on any atom is -0.456 e. The molecule has 2 aromatic carbocycles. The molecule has 2 aromatic rings. The number of nitrogens with zero attached hydrogens (tertiary/aromatic N) is 1. The molecule has 1 unspecified atom stereocenters. The maximum Gasteiger partial charge on any atom is 0.306 e. The Bertz CT molecular complexity index is 987. The predicted octanol–water partition coefficient (Wildman–Crippen LogP) is 2.75. The molecule has 0 bridgehead atoms. The molecule has 1 atom stereocenters. The number of hydrogen-bond acceptors (Lipinski definition) is 5. The lowest BCUT2D eigenvalue weighted by atomic mass is 10.1. The van der Waals surface area contributed by atoms with Gasteiger partial charge in [-0.05, 0) is 17.5 Å². The van der Waals surface area contributed by atoms with Crippen LogP contribution in [-0.2, 0) is 37.1 Å². The molecule has 3 rings (SSSR count). The van der Waals surface area contributed by atoms with Crippen molar-refractivity contribution in [2.45, 2.75) is 19.4 Å². The standard InChI is InChI=1S/C23H25NO5S/c25-22(17-29-23(26)15-21-12-14-30(27,28)18-21)24(16-20-9-5-2-6-10-20)13-11-19-7-3-1-4-8-19/h1-10,12,14,21H,11,13,15-18H2. The molecule has 0 saturated carbocycles. The van der Waals surface area contributed by atoms with Gasteiger partial charge in [0.05, 0.1) is 12.2 Å². The number of benzene rings is 2. The van der Waals surface area contributed by atoms with Gasteiger partial charge in [0.15, 0.2) is 16.4 Å². The molecule has 7 heteroatoms. The highest BCUT2D eigenvalue weighted by Crippen LogP contribution is 2.18. The number of sulfone groups is 1. The van der Waals surface area contributed by atoms with Crippen molar-refractivity contribution in [3.05, 3.63) is 83.3 Å².